The molecule has 0 fully saturated rings. The van der Waals surface area contributed by atoms with Crippen molar-refractivity contribution in [2.24, 2.45) is 0 Å². The minimum Gasteiger partial charge on any atom is -0.284 e. The van der Waals surface area contributed by atoms with Gasteiger partial charge < -0.3 is 0 Å². The summed E-state index contributed by atoms with van der Waals surface area (Å²) in [5.74, 6) is 25.0. The van der Waals surface area contributed by atoms with Crippen LogP contribution in [0.1, 0.15) is 6.92 Å². The van der Waals surface area contributed by atoms with Crippen molar-refractivity contribution in [3.8, 4) is 59.2 Å². The maximum atomic E-state index is 3.29. The second-order valence-electron chi connectivity index (χ2n) is 1.43. The molecule has 1 heteroatoms. The average molecular weight is 188 g/mol. The molecule has 0 rings (SSSR count). The molecule has 0 aromatic rings. The van der Waals surface area contributed by atoms with Crippen LogP contribution in [0.25, 0.3) is 0 Å². The molecule has 0 aromatic carbocycles. The SMILES string of the molecule is [CH2-]C#CC#CC#CC#CC#CC.[K+]. The molecule has 0 N–H and O–H groups in total. The molecule has 0 aliphatic heterocycles. The van der Waals surface area contributed by atoms with E-state index < -0.39 is 0 Å². The van der Waals surface area contributed by atoms with Gasteiger partial charge in [-0.1, -0.05) is 5.92 Å². The first-order valence-corrected chi connectivity index (χ1v) is 3.10. The maximum absolute atomic E-state index is 3.29. The molecule has 13 heavy (non-hydrogen) atoms. The van der Waals surface area contributed by atoms with E-state index in [1.807, 2.05) is 0 Å². The Morgan fingerprint density at radius 2 is 1.08 bits per heavy atom. The van der Waals surface area contributed by atoms with Gasteiger partial charge in [-0.05, 0) is 42.4 Å². The van der Waals surface area contributed by atoms with Gasteiger partial charge >= 0.3 is 51.4 Å². The Hall–Kier alpha value is -0.694. The molecule has 0 radical (unpaired) electrons. The average Bonchev–Trinajstić information content (AvgIpc) is 2.10. The van der Waals surface area contributed by atoms with E-state index in [2.05, 4.69) is 66.1 Å². The summed E-state index contributed by atoms with van der Waals surface area (Å²) in [6, 6.07) is 0. The van der Waals surface area contributed by atoms with Crippen LogP contribution in [0.4, 0.5) is 0 Å². The van der Waals surface area contributed by atoms with Gasteiger partial charge in [0.1, 0.15) is 0 Å². The second-order valence-corrected chi connectivity index (χ2v) is 1.43. The predicted molar refractivity (Wildman–Crippen MR) is 49.9 cm³/mol. The van der Waals surface area contributed by atoms with E-state index in [9.17, 15) is 0 Å². The fourth-order valence-electron chi connectivity index (χ4n) is 0.294. The third-order valence-electron chi connectivity index (χ3n) is 0.651. The summed E-state index contributed by atoms with van der Waals surface area (Å²) in [6.07, 6.45) is 0. The molecule has 0 aliphatic rings. The van der Waals surface area contributed by atoms with Gasteiger partial charge in [0.2, 0.25) is 0 Å². The number of hydrogen-bond donors (Lipinski definition) is 0. The third kappa shape index (κ3) is 14.2. The molecule has 0 bridgehead atoms. The monoisotopic (exact) mass is 188 g/mol. The quantitative estimate of drug-likeness (QED) is 0.231. The van der Waals surface area contributed by atoms with Gasteiger partial charge in [-0.25, -0.2) is 5.92 Å². The summed E-state index contributed by atoms with van der Waals surface area (Å²) in [4.78, 5) is 0. The topological polar surface area (TPSA) is 0 Å². The van der Waals surface area contributed by atoms with E-state index in [-0.39, 0.29) is 51.4 Å². The minimum atomic E-state index is 0. The standard InChI is InChI=1S/C12H5.K/c1-3-5-7-9-11-12-10-8-6-4-2;/h1H2,2H3;/q-1;+1. The van der Waals surface area contributed by atoms with Crippen molar-refractivity contribution in [2.45, 2.75) is 6.92 Å². The fraction of sp³-hybridized carbons (Fsp3) is 0.0833. The normalized spacial score (nSPS) is 3.46. The van der Waals surface area contributed by atoms with Crippen molar-refractivity contribution in [3.63, 3.8) is 0 Å². The summed E-state index contributed by atoms with van der Waals surface area (Å²) in [5.41, 5.74) is 0. The van der Waals surface area contributed by atoms with Gasteiger partial charge in [0, 0.05) is 0 Å². The van der Waals surface area contributed by atoms with Gasteiger partial charge in [0.15, 0.2) is 0 Å². The largest absolute Gasteiger partial charge is 1.00 e. The van der Waals surface area contributed by atoms with E-state index in [0.29, 0.717) is 0 Å². The molecule has 0 amide bonds. The van der Waals surface area contributed by atoms with Crippen LogP contribution >= 0.6 is 0 Å². The fourth-order valence-corrected chi connectivity index (χ4v) is 0.294. The van der Waals surface area contributed by atoms with E-state index in [1.165, 1.54) is 0 Å². The Bertz CT molecular complexity index is 386. The van der Waals surface area contributed by atoms with Gasteiger partial charge in [-0.2, -0.15) is 6.92 Å². The van der Waals surface area contributed by atoms with Crippen LogP contribution in [0.3, 0.4) is 0 Å². The molecule has 0 aliphatic carbocycles. The maximum Gasteiger partial charge on any atom is 1.00 e. The van der Waals surface area contributed by atoms with E-state index >= 15 is 0 Å². The number of hydrogen-bond acceptors (Lipinski definition) is 0. The van der Waals surface area contributed by atoms with Crippen LogP contribution in [0.2, 0.25) is 0 Å². The first-order chi connectivity index (χ1) is 5.91. The van der Waals surface area contributed by atoms with Crippen LogP contribution in [0, 0.1) is 66.1 Å². The molecule has 0 atom stereocenters. The Morgan fingerprint density at radius 3 is 1.46 bits per heavy atom. The first kappa shape index (κ1) is 14.8. The molecule has 54 valence electrons. The Morgan fingerprint density at radius 1 is 0.692 bits per heavy atom. The zero-order valence-corrected chi connectivity index (χ0v) is 10.8. The van der Waals surface area contributed by atoms with Crippen LogP contribution < -0.4 is 51.4 Å². The Kier molecular flexibility index (Phi) is 15.8. The Balaban J connectivity index is 0. The van der Waals surface area contributed by atoms with Crippen molar-refractivity contribution in [3.05, 3.63) is 6.92 Å². The molecule has 0 heterocycles. The van der Waals surface area contributed by atoms with E-state index in [1.54, 1.807) is 6.92 Å². The predicted octanol–water partition coefficient (Wildman–Crippen LogP) is -2.14. The van der Waals surface area contributed by atoms with Crippen molar-refractivity contribution >= 4 is 0 Å². The first-order valence-electron chi connectivity index (χ1n) is 3.10. The van der Waals surface area contributed by atoms with E-state index in [4.69, 9.17) is 0 Å². The van der Waals surface area contributed by atoms with Gasteiger partial charge in [-0.3, -0.25) is 5.92 Å². The summed E-state index contributed by atoms with van der Waals surface area (Å²) < 4.78 is 0. The smallest absolute Gasteiger partial charge is 0.284 e. The molecule has 0 unspecified atom stereocenters. The Labute approximate surface area is 123 Å². The molecule has 0 spiro atoms. The van der Waals surface area contributed by atoms with Crippen molar-refractivity contribution < 1.29 is 51.4 Å². The van der Waals surface area contributed by atoms with Crippen LogP contribution in [-0.4, -0.2) is 0 Å². The van der Waals surface area contributed by atoms with E-state index in [0.717, 1.165) is 0 Å². The van der Waals surface area contributed by atoms with Gasteiger partial charge in [-0.15, -0.1) is 5.92 Å². The molecular weight excluding hydrogens is 183 g/mol. The molecule has 0 aromatic heterocycles. The van der Waals surface area contributed by atoms with Crippen LogP contribution in [0.15, 0.2) is 0 Å². The zero-order chi connectivity index (χ0) is 9.07. The van der Waals surface area contributed by atoms with Crippen molar-refractivity contribution in [2.75, 3.05) is 0 Å². The summed E-state index contributed by atoms with van der Waals surface area (Å²) in [5, 5.41) is 0. The molecular formula is C12H5K. The number of rotatable bonds is 0. The summed E-state index contributed by atoms with van der Waals surface area (Å²) >= 11 is 0. The van der Waals surface area contributed by atoms with Crippen LogP contribution in [-0.2, 0) is 0 Å². The van der Waals surface area contributed by atoms with Crippen molar-refractivity contribution in [1.82, 2.24) is 0 Å². The molecule has 0 saturated carbocycles. The van der Waals surface area contributed by atoms with Gasteiger partial charge in [0.25, 0.3) is 0 Å². The van der Waals surface area contributed by atoms with Gasteiger partial charge in [0.05, 0.1) is 0 Å². The zero-order valence-electron chi connectivity index (χ0n) is 7.71. The third-order valence-corrected chi connectivity index (χ3v) is 0.651. The second kappa shape index (κ2) is 13.9. The summed E-state index contributed by atoms with van der Waals surface area (Å²) in [6.45, 7) is 5.00. The molecule has 0 nitrogen and oxygen atoms in total. The van der Waals surface area contributed by atoms with Crippen LogP contribution in [0.5, 0.6) is 0 Å². The van der Waals surface area contributed by atoms with Crippen molar-refractivity contribution in [1.29, 1.82) is 0 Å². The summed E-state index contributed by atoms with van der Waals surface area (Å²) in [7, 11) is 0. The molecule has 0 saturated heterocycles. The minimum absolute atomic E-state index is 0.